The smallest absolute Gasteiger partial charge is 0.137 e. The number of rotatable bonds is 7. The Morgan fingerprint density at radius 1 is 0.917 bits per heavy atom. The Kier molecular flexibility index (Phi) is 5.64. The normalized spacial score (nSPS) is 12.8. The van der Waals surface area contributed by atoms with Gasteiger partial charge in [0, 0.05) is 10.8 Å². The Bertz CT molecular complexity index is 757. The summed E-state index contributed by atoms with van der Waals surface area (Å²) in [5.74, 6) is 3.97. The number of hydrogen-bond donors (Lipinski definition) is 1. The number of ether oxygens (including phenoxy) is 1. The van der Waals surface area contributed by atoms with E-state index < -0.39 is 6.10 Å². The maximum absolute atomic E-state index is 10.4. The average Bonchev–Trinajstić information content (AvgIpc) is 2.63. The van der Waals surface area contributed by atoms with Crippen LogP contribution in [0.5, 0.6) is 5.75 Å². The first-order valence-corrected chi connectivity index (χ1v) is 10.3. The van der Waals surface area contributed by atoms with Crippen LogP contribution in [0.15, 0.2) is 54.6 Å². The lowest BCUT2D eigenvalue weighted by Crippen LogP contribution is -2.29. The summed E-state index contributed by atoms with van der Waals surface area (Å²) in [6.07, 6.45) is -0.411. The highest BCUT2D eigenvalue weighted by Crippen LogP contribution is 2.34. The fraction of sp³-hybridized carbons (Fsp3) is 0.333. The number of aliphatic hydroxyl groups is 1. The van der Waals surface area contributed by atoms with Gasteiger partial charge in [0.25, 0.3) is 0 Å². The van der Waals surface area contributed by atoms with E-state index in [2.05, 4.69) is 44.2 Å². The van der Waals surface area contributed by atoms with Gasteiger partial charge in [-0.3, -0.25) is 0 Å². The third-order valence-corrected chi connectivity index (χ3v) is 6.88. The molecule has 1 N–H and O–H groups in total. The minimum Gasteiger partial charge on any atom is -0.489 e. The van der Waals surface area contributed by atoms with Crippen molar-refractivity contribution in [2.45, 2.75) is 20.0 Å². The van der Waals surface area contributed by atoms with Crippen molar-refractivity contribution < 1.29 is 9.84 Å². The minimum atomic E-state index is -0.411. The third-order valence-electron chi connectivity index (χ3n) is 4.39. The van der Waals surface area contributed by atoms with Crippen molar-refractivity contribution in [1.82, 2.24) is 0 Å². The summed E-state index contributed by atoms with van der Waals surface area (Å²) in [5, 5.41) is 14.9. The van der Waals surface area contributed by atoms with Gasteiger partial charge in [-0.2, -0.15) is 0 Å². The van der Waals surface area contributed by atoms with Crippen LogP contribution in [0, 0.1) is 0 Å². The highest BCUT2D eigenvalue weighted by molar-refractivity contribution is 7.96. The largest absolute Gasteiger partial charge is 0.489 e. The van der Waals surface area contributed by atoms with Crippen LogP contribution in [0.25, 0.3) is 21.5 Å². The van der Waals surface area contributed by atoms with Gasteiger partial charge in [-0.05, 0) is 41.6 Å². The van der Waals surface area contributed by atoms with E-state index in [9.17, 15) is 5.11 Å². The van der Waals surface area contributed by atoms with E-state index in [4.69, 9.17) is 4.74 Å². The molecule has 1 unspecified atom stereocenters. The maximum Gasteiger partial charge on any atom is 0.137 e. The van der Waals surface area contributed by atoms with E-state index >= 15 is 0 Å². The molecule has 3 aromatic carbocycles. The summed E-state index contributed by atoms with van der Waals surface area (Å²) < 4.78 is 6.14. The van der Waals surface area contributed by atoms with Gasteiger partial charge >= 0.3 is 0 Å². The summed E-state index contributed by atoms with van der Waals surface area (Å²) in [5.41, 5.74) is 0. The lowest BCUT2D eigenvalue weighted by atomic mass is 10.0. The Morgan fingerprint density at radius 3 is 2.00 bits per heavy atom. The van der Waals surface area contributed by atoms with Crippen LogP contribution in [0.4, 0.5) is 0 Å². The number of fused-ring (bicyclic) bond motifs is 2. The summed E-state index contributed by atoms with van der Waals surface area (Å²) in [4.78, 5) is 0. The first kappa shape index (κ1) is 17.1. The molecule has 0 fully saturated rings. The molecule has 0 bridgehead atoms. The molecule has 0 amide bonds. The zero-order valence-electron chi connectivity index (χ0n) is 14.4. The van der Waals surface area contributed by atoms with Crippen LogP contribution >= 0.6 is 0 Å². The van der Waals surface area contributed by atoms with Crippen LogP contribution < -0.4 is 4.74 Å². The van der Waals surface area contributed by atoms with E-state index in [1.807, 2.05) is 24.3 Å². The Labute approximate surface area is 146 Å². The Morgan fingerprint density at radius 2 is 1.46 bits per heavy atom. The monoisotopic (exact) mass is 341 g/mol. The third kappa shape index (κ3) is 3.68. The standard InChI is InChI=1S/C21H25O2S/c1-3-24(4-2)15-18(22)14-23-21-19-11-7-5-9-16(19)13-17-10-6-8-12-20(17)21/h5-13,18,22H,3-4,14-15H2,1-2H3/q+1. The molecule has 0 aromatic heterocycles. The van der Waals surface area contributed by atoms with Gasteiger partial charge in [0.15, 0.2) is 0 Å². The number of hydrogen-bond acceptors (Lipinski definition) is 2. The molecule has 0 spiro atoms. The highest BCUT2D eigenvalue weighted by atomic mass is 32.2. The lowest BCUT2D eigenvalue weighted by Gasteiger charge is -2.16. The van der Waals surface area contributed by atoms with E-state index in [-0.39, 0.29) is 10.9 Å². The number of benzene rings is 3. The quantitative estimate of drug-likeness (QED) is 0.510. The maximum atomic E-state index is 10.4. The fourth-order valence-electron chi connectivity index (χ4n) is 3.07. The van der Waals surface area contributed by atoms with Gasteiger partial charge in [0.1, 0.15) is 35.7 Å². The van der Waals surface area contributed by atoms with Crippen molar-refractivity contribution in [3.63, 3.8) is 0 Å². The second-order valence-corrected chi connectivity index (χ2v) is 8.68. The molecule has 0 radical (unpaired) electrons. The SMILES string of the molecule is CC[S+](CC)CC(O)COc1c2ccccc2cc2ccccc12. The molecular weight excluding hydrogens is 316 g/mol. The molecule has 0 aliphatic heterocycles. The first-order valence-electron chi connectivity index (χ1n) is 8.58. The molecule has 1 atom stereocenters. The molecule has 24 heavy (non-hydrogen) atoms. The first-order chi connectivity index (χ1) is 11.7. The van der Waals surface area contributed by atoms with E-state index in [1.165, 1.54) is 10.8 Å². The minimum absolute atomic E-state index is 0.289. The molecule has 2 nitrogen and oxygen atoms in total. The predicted octanol–water partition coefficient (Wildman–Crippen LogP) is 4.39. The molecular formula is C21H25O2S+. The fourth-order valence-corrected chi connectivity index (χ4v) is 4.59. The topological polar surface area (TPSA) is 29.5 Å². The average molecular weight is 341 g/mol. The molecule has 3 heteroatoms. The van der Waals surface area contributed by atoms with Crippen molar-refractivity contribution in [2.75, 3.05) is 23.9 Å². The van der Waals surface area contributed by atoms with Crippen LogP contribution in [0.1, 0.15) is 13.8 Å². The van der Waals surface area contributed by atoms with Crippen LogP contribution in [0.3, 0.4) is 0 Å². The van der Waals surface area contributed by atoms with Crippen molar-refractivity contribution >= 4 is 32.4 Å². The molecule has 3 rings (SSSR count). The molecule has 0 saturated heterocycles. The van der Waals surface area contributed by atoms with E-state index in [1.54, 1.807) is 0 Å². The van der Waals surface area contributed by atoms with Crippen molar-refractivity contribution in [2.24, 2.45) is 0 Å². The predicted molar refractivity (Wildman–Crippen MR) is 106 cm³/mol. The van der Waals surface area contributed by atoms with Gasteiger partial charge in [0.05, 0.1) is 0 Å². The second-order valence-electron chi connectivity index (χ2n) is 5.97. The lowest BCUT2D eigenvalue weighted by molar-refractivity contribution is 0.127. The van der Waals surface area contributed by atoms with Crippen molar-refractivity contribution in [3.8, 4) is 5.75 Å². The van der Waals surface area contributed by atoms with Crippen LogP contribution in [-0.4, -0.2) is 35.1 Å². The van der Waals surface area contributed by atoms with Gasteiger partial charge in [0.2, 0.25) is 0 Å². The van der Waals surface area contributed by atoms with Gasteiger partial charge in [-0.15, -0.1) is 0 Å². The highest BCUT2D eigenvalue weighted by Gasteiger charge is 2.20. The molecule has 3 aromatic rings. The molecule has 0 saturated carbocycles. The second kappa shape index (κ2) is 7.91. The van der Waals surface area contributed by atoms with Gasteiger partial charge in [-0.25, -0.2) is 0 Å². The van der Waals surface area contributed by atoms with Crippen molar-refractivity contribution in [1.29, 1.82) is 0 Å². The Hall–Kier alpha value is -1.71. The van der Waals surface area contributed by atoms with E-state index in [0.717, 1.165) is 33.8 Å². The van der Waals surface area contributed by atoms with Crippen LogP contribution in [-0.2, 0) is 10.9 Å². The molecule has 0 heterocycles. The summed E-state index contributed by atoms with van der Waals surface area (Å²) in [7, 11) is 0.289. The summed E-state index contributed by atoms with van der Waals surface area (Å²) >= 11 is 0. The summed E-state index contributed by atoms with van der Waals surface area (Å²) in [6.45, 7) is 4.73. The molecule has 126 valence electrons. The van der Waals surface area contributed by atoms with Crippen molar-refractivity contribution in [3.05, 3.63) is 54.6 Å². The van der Waals surface area contributed by atoms with Gasteiger partial charge < -0.3 is 9.84 Å². The molecule has 0 aliphatic carbocycles. The Balaban J connectivity index is 1.89. The van der Waals surface area contributed by atoms with Gasteiger partial charge in [-0.1, -0.05) is 48.5 Å². The number of aliphatic hydroxyl groups excluding tert-OH is 1. The van der Waals surface area contributed by atoms with Crippen LogP contribution in [0.2, 0.25) is 0 Å². The zero-order valence-corrected chi connectivity index (χ0v) is 15.2. The summed E-state index contributed by atoms with van der Waals surface area (Å²) in [6, 6.07) is 18.7. The van der Waals surface area contributed by atoms with E-state index in [0.29, 0.717) is 6.61 Å². The molecule has 0 aliphatic rings. The zero-order chi connectivity index (χ0) is 16.9.